The second-order valence-corrected chi connectivity index (χ2v) is 7.04. The summed E-state index contributed by atoms with van der Waals surface area (Å²) in [5.74, 6) is 1.37. The number of imidazole rings is 2. The summed E-state index contributed by atoms with van der Waals surface area (Å²) in [5, 5.41) is 15.0. The highest BCUT2D eigenvalue weighted by Crippen LogP contribution is 2.18. The van der Waals surface area contributed by atoms with E-state index in [1.54, 1.807) is 24.4 Å². The maximum Gasteiger partial charge on any atom is 0.204 e. The van der Waals surface area contributed by atoms with Crippen LogP contribution in [0.25, 0.3) is 0 Å². The smallest absolute Gasteiger partial charge is 0.204 e. The Hall–Kier alpha value is -2.47. The molecule has 134 valence electrons. The standard InChI is InChI=1S/C16H24N8S/c1-12(25-8-15-13(2)22-11-24-15)6-20-16(21-9-17)19-5-3-4-14-7-18-10-23-14/h7,10-12H,3-6,8H2,1-2H3,(H,18,23)(H,22,24)(H2,19,20,21)/t12-/m0/s1. The third-order valence-corrected chi connectivity index (χ3v) is 4.73. The van der Waals surface area contributed by atoms with Crippen LogP contribution in [0.15, 0.2) is 23.8 Å². The lowest BCUT2D eigenvalue weighted by Gasteiger charge is -2.11. The van der Waals surface area contributed by atoms with Gasteiger partial charge in [-0.15, -0.1) is 0 Å². The number of hydrogen-bond donors (Lipinski definition) is 4. The lowest BCUT2D eigenvalue weighted by Crippen LogP contribution is -2.35. The van der Waals surface area contributed by atoms with Crippen molar-refractivity contribution in [2.75, 3.05) is 13.1 Å². The molecule has 0 spiro atoms. The molecule has 0 radical (unpaired) electrons. The molecule has 0 bridgehead atoms. The molecule has 4 N–H and O–H groups in total. The van der Waals surface area contributed by atoms with Gasteiger partial charge in [0.15, 0.2) is 6.19 Å². The number of H-pyrrole nitrogens is 2. The molecule has 0 aliphatic carbocycles. The average Bonchev–Trinajstić information content (AvgIpc) is 3.26. The molecule has 9 heteroatoms. The quantitative estimate of drug-likeness (QED) is 0.178. The minimum atomic E-state index is 0.331. The van der Waals surface area contributed by atoms with E-state index in [0.29, 0.717) is 17.8 Å². The molecule has 0 aromatic carbocycles. The molecule has 8 nitrogen and oxygen atoms in total. The summed E-state index contributed by atoms with van der Waals surface area (Å²) in [4.78, 5) is 19.0. The molecule has 2 heterocycles. The molecule has 0 aliphatic rings. The topological polar surface area (TPSA) is 118 Å². The van der Waals surface area contributed by atoms with Gasteiger partial charge in [-0.1, -0.05) is 6.92 Å². The Morgan fingerprint density at radius 3 is 3.00 bits per heavy atom. The number of aromatic amines is 2. The van der Waals surface area contributed by atoms with Gasteiger partial charge in [-0.3, -0.25) is 10.3 Å². The highest BCUT2D eigenvalue weighted by Gasteiger charge is 2.07. The molecule has 0 saturated heterocycles. The van der Waals surface area contributed by atoms with E-state index in [-0.39, 0.29) is 0 Å². The zero-order chi connectivity index (χ0) is 17.9. The van der Waals surface area contributed by atoms with Gasteiger partial charge in [-0.25, -0.2) is 9.97 Å². The van der Waals surface area contributed by atoms with Crippen LogP contribution in [0.3, 0.4) is 0 Å². The highest BCUT2D eigenvalue weighted by atomic mass is 32.2. The van der Waals surface area contributed by atoms with E-state index in [2.05, 4.69) is 42.5 Å². The van der Waals surface area contributed by atoms with Crippen LogP contribution in [0.1, 0.15) is 30.4 Å². The summed E-state index contributed by atoms with van der Waals surface area (Å²) in [5.41, 5.74) is 3.22. The van der Waals surface area contributed by atoms with Crippen molar-refractivity contribution in [3.63, 3.8) is 0 Å². The Labute approximate surface area is 152 Å². The highest BCUT2D eigenvalue weighted by molar-refractivity contribution is 7.99. The molecule has 2 rings (SSSR count). The van der Waals surface area contributed by atoms with Crippen LogP contribution in [-0.4, -0.2) is 44.2 Å². The van der Waals surface area contributed by atoms with Gasteiger partial charge in [-0.2, -0.15) is 17.0 Å². The number of hydrogen-bond acceptors (Lipinski definition) is 5. The van der Waals surface area contributed by atoms with Gasteiger partial charge in [0, 0.05) is 29.4 Å². The van der Waals surface area contributed by atoms with Crippen molar-refractivity contribution in [2.24, 2.45) is 4.99 Å². The van der Waals surface area contributed by atoms with Crippen molar-refractivity contribution >= 4 is 17.7 Å². The predicted octanol–water partition coefficient (Wildman–Crippen LogP) is 1.71. The van der Waals surface area contributed by atoms with E-state index in [9.17, 15) is 0 Å². The Kier molecular flexibility index (Phi) is 7.85. The van der Waals surface area contributed by atoms with E-state index in [1.165, 1.54) is 0 Å². The second kappa shape index (κ2) is 10.4. The molecule has 0 aliphatic heterocycles. The molecular formula is C16H24N8S. The largest absolute Gasteiger partial charge is 0.356 e. The van der Waals surface area contributed by atoms with E-state index >= 15 is 0 Å². The zero-order valence-electron chi connectivity index (χ0n) is 14.5. The second-order valence-electron chi connectivity index (χ2n) is 5.61. The van der Waals surface area contributed by atoms with Gasteiger partial charge >= 0.3 is 0 Å². The van der Waals surface area contributed by atoms with Crippen LogP contribution in [0.5, 0.6) is 0 Å². The summed E-state index contributed by atoms with van der Waals surface area (Å²) >= 11 is 1.80. The number of nitrogens with zero attached hydrogens (tertiary/aromatic N) is 4. The Balaban J connectivity index is 1.70. The van der Waals surface area contributed by atoms with Crippen LogP contribution < -0.4 is 10.6 Å². The fraction of sp³-hybridized carbons (Fsp3) is 0.500. The monoisotopic (exact) mass is 360 g/mol. The Morgan fingerprint density at radius 2 is 2.32 bits per heavy atom. The minimum absolute atomic E-state index is 0.331. The lowest BCUT2D eigenvalue weighted by molar-refractivity contribution is 0.748. The maximum absolute atomic E-state index is 8.85. The fourth-order valence-electron chi connectivity index (χ4n) is 2.12. The third-order valence-electron chi connectivity index (χ3n) is 3.58. The molecule has 0 saturated carbocycles. The average molecular weight is 360 g/mol. The van der Waals surface area contributed by atoms with Crippen LogP contribution in [0.2, 0.25) is 0 Å². The molecule has 2 aromatic heterocycles. The molecule has 2 aromatic rings. The van der Waals surface area contributed by atoms with Crippen molar-refractivity contribution < 1.29 is 0 Å². The zero-order valence-corrected chi connectivity index (χ0v) is 15.4. The summed E-state index contributed by atoms with van der Waals surface area (Å²) in [6.07, 6.45) is 9.01. The van der Waals surface area contributed by atoms with Crippen LogP contribution in [0.4, 0.5) is 0 Å². The van der Waals surface area contributed by atoms with Crippen LogP contribution >= 0.6 is 11.8 Å². The van der Waals surface area contributed by atoms with Gasteiger partial charge in [0.25, 0.3) is 0 Å². The number of nitrogens with one attached hydrogen (secondary N) is 4. The molecule has 0 fully saturated rings. The minimum Gasteiger partial charge on any atom is -0.356 e. The summed E-state index contributed by atoms with van der Waals surface area (Å²) in [6.45, 7) is 5.50. The van der Waals surface area contributed by atoms with E-state index in [4.69, 9.17) is 5.26 Å². The lowest BCUT2D eigenvalue weighted by atomic mass is 10.2. The first-order chi connectivity index (χ1) is 12.2. The van der Waals surface area contributed by atoms with Gasteiger partial charge in [0.05, 0.1) is 30.6 Å². The Morgan fingerprint density at radius 1 is 1.44 bits per heavy atom. The number of rotatable bonds is 9. The van der Waals surface area contributed by atoms with Crippen molar-refractivity contribution in [1.29, 1.82) is 5.26 Å². The summed E-state index contributed by atoms with van der Waals surface area (Å²) in [6, 6.07) is 0. The number of aliphatic imine (C=N–C) groups is 1. The SMILES string of the molecule is Cc1[nH]cnc1CS[C@@H](C)CN=C(NC#N)NCCCc1c[nH]cn1. The van der Waals surface area contributed by atoms with E-state index in [0.717, 1.165) is 42.2 Å². The first-order valence-corrected chi connectivity index (χ1v) is 9.25. The number of nitriles is 1. The van der Waals surface area contributed by atoms with Gasteiger partial charge in [0.2, 0.25) is 5.96 Å². The van der Waals surface area contributed by atoms with Crippen molar-refractivity contribution in [1.82, 2.24) is 30.6 Å². The number of aryl methyl sites for hydroxylation is 2. The number of thioether (sulfide) groups is 1. The first kappa shape index (κ1) is 18.9. The van der Waals surface area contributed by atoms with E-state index in [1.807, 2.05) is 19.3 Å². The molecule has 0 amide bonds. The van der Waals surface area contributed by atoms with Crippen LogP contribution in [0, 0.1) is 18.4 Å². The fourth-order valence-corrected chi connectivity index (χ4v) is 3.04. The molecule has 25 heavy (non-hydrogen) atoms. The van der Waals surface area contributed by atoms with Crippen molar-refractivity contribution in [2.45, 2.75) is 37.7 Å². The third kappa shape index (κ3) is 6.89. The molecule has 0 unspecified atom stereocenters. The van der Waals surface area contributed by atoms with Crippen LogP contribution in [-0.2, 0) is 12.2 Å². The van der Waals surface area contributed by atoms with Gasteiger partial charge in [0.1, 0.15) is 0 Å². The normalized spacial score (nSPS) is 12.6. The van der Waals surface area contributed by atoms with E-state index < -0.39 is 0 Å². The Bertz CT molecular complexity index is 685. The number of aromatic nitrogens is 4. The van der Waals surface area contributed by atoms with Gasteiger partial charge < -0.3 is 15.3 Å². The van der Waals surface area contributed by atoms with Crippen molar-refractivity contribution in [3.05, 3.63) is 35.9 Å². The summed E-state index contributed by atoms with van der Waals surface area (Å²) < 4.78 is 0. The molecule has 1 atom stereocenters. The molecular weight excluding hydrogens is 336 g/mol. The summed E-state index contributed by atoms with van der Waals surface area (Å²) in [7, 11) is 0. The number of guanidine groups is 1. The first-order valence-electron chi connectivity index (χ1n) is 8.20. The van der Waals surface area contributed by atoms with Crippen molar-refractivity contribution in [3.8, 4) is 6.19 Å². The maximum atomic E-state index is 8.85. The predicted molar refractivity (Wildman–Crippen MR) is 100 cm³/mol. The van der Waals surface area contributed by atoms with Gasteiger partial charge in [-0.05, 0) is 19.8 Å².